The highest BCUT2D eigenvalue weighted by Gasteiger charge is 2.20. The molecule has 5 nitrogen and oxygen atoms in total. The molecule has 0 aliphatic heterocycles. The van der Waals surface area contributed by atoms with Crippen molar-refractivity contribution in [1.29, 1.82) is 0 Å². The van der Waals surface area contributed by atoms with E-state index in [2.05, 4.69) is 4.98 Å². The minimum Gasteiger partial charge on any atom is -0.454 e. The Kier molecular flexibility index (Phi) is 5.04. The maximum atomic E-state index is 12.6. The van der Waals surface area contributed by atoms with Gasteiger partial charge in [0.15, 0.2) is 6.61 Å². The molecule has 3 aromatic rings. The van der Waals surface area contributed by atoms with Crippen LogP contribution in [0.25, 0.3) is 5.82 Å². The van der Waals surface area contributed by atoms with Gasteiger partial charge in [0.25, 0.3) is 0 Å². The van der Waals surface area contributed by atoms with E-state index in [9.17, 15) is 9.59 Å². The van der Waals surface area contributed by atoms with E-state index in [-0.39, 0.29) is 12.4 Å². The van der Waals surface area contributed by atoms with E-state index < -0.39 is 5.97 Å². The van der Waals surface area contributed by atoms with Gasteiger partial charge in [0.1, 0.15) is 5.82 Å². The third-order valence-corrected chi connectivity index (χ3v) is 5.17. The van der Waals surface area contributed by atoms with Crippen LogP contribution in [-0.4, -0.2) is 27.9 Å². The van der Waals surface area contributed by atoms with Crippen LogP contribution in [0.5, 0.6) is 0 Å². The van der Waals surface area contributed by atoms with E-state index in [1.54, 1.807) is 18.3 Å². The van der Waals surface area contributed by atoms with Crippen LogP contribution < -0.4 is 0 Å². The van der Waals surface area contributed by atoms with Crippen molar-refractivity contribution in [2.75, 3.05) is 6.61 Å². The smallest absolute Gasteiger partial charge is 0.339 e. The zero-order chi connectivity index (χ0) is 18.8. The zero-order valence-electron chi connectivity index (χ0n) is 15.2. The number of pyridine rings is 1. The first kappa shape index (κ1) is 18.1. The second-order valence-corrected chi connectivity index (χ2v) is 7.59. The van der Waals surface area contributed by atoms with Gasteiger partial charge in [-0.2, -0.15) is 0 Å². The Labute approximate surface area is 156 Å². The fourth-order valence-corrected chi connectivity index (χ4v) is 3.92. The van der Waals surface area contributed by atoms with Crippen molar-refractivity contribution >= 4 is 23.1 Å². The molecule has 0 aliphatic rings. The summed E-state index contributed by atoms with van der Waals surface area (Å²) in [5.41, 5.74) is 2.75. The van der Waals surface area contributed by atoms with Gasteiger partial charge < -0.3 is 9.30 Å². The highest BCUT2D eigenvalue weighted by molar-refractivity contribution is 7.12. The van der Waals surface area contributed by atoms with Gasteiger partial charge in [-0.3, -0.25) is 4.79 Å². The topological polar surface area (TPSA) is 61.2 Å². The van der Waals surface area contributed by atoms with E-state index in [0.717, 1.165) is 27.0 Å². The number of hydrogen-bond acceptors (Lipinski definition) is 5. The Bertz CT molecular complexity index is 971. The molecule has 0 amide bonds. The summed E-state index contributed by atoms with van der Waals surface area (Å²) in [6.45, 7) is 7.31. The summed E-state index contributed by atoms with van der Waals surface area (Å²) < 4.78 is 7.16. The van der Waals surface area contributed by atoms with Crippen LogP contribution in [0.4, 0.5) is 0 Å². The van der Waals surface area contributed by atoms with Crippen molar-refractivity contribution in [3.8, 4) is 5.82 Å². The molecule has 0 saturated carbocycles. The molecule has 0 radical (unpaired) electrons. The summed E-state index contributed by atoms with van der Waals surface area (Å²) in [6, 6.07) is 9.23. The van der Waals surface area contributed by atoms with Crippen molar-refractivity contribution < 1.29 is 14.3 Å². The third kappa shape index (κ3) is 3.46. The highest BCUT2D eigenvalue weighted by atomic mass is 32.1. The molecule has 3 rings (SSSR count). The van der Waals surface area contributed by atoms with Gasteiger partial charge in [0.05, 0.1) is 5.56 Å². The standard InChI is InChI=1S/C20H20N2O3S/c1-12-9-16(14(3)22(12)19-7-5-6-8-21-19)18(23)11-25-20(24)17-10-13(2)26-15(17)4/h5-10H,11H2,1-4H3. The number of ketones is 1. The van der Waals surface area contributed by atoms with E-state index >= 15 is 0 Å². The van der Waals surface area contributed by atoms with Crippen molar-refractivity contribution in [1.82, 2.24) is 9.55 Å². The van der Waals surface area contributed by atoms with Gasteiger partial charge in [0, 0.05) is 32.9 Å². The summed E-state index contributed by atoms with van der Waals surface area (Å²) >= 11 is 1.54. The lowest BCUT2D eigenvalue weighted by Crippen LogP contribution is -2.15. The molecule has 0 fully saturated rings. The molecule has 0 N–H and O–H groups in total. The Morgan fingerprint density at radius 1 is 1.12 bits per heavy atom. The third-order valence-electron chi connectivity index (χ3n) is 4.21. The number of thiophene rings is 1. The largest absolute Gasteiger partial charge is 0.454 e. The fourth-order valence-electron chi connectivity index (χ4n) is 3.00. The number of aromatic nitrogens is 2. The Balaban J connectivity index is 1.77. The molecule has 0 bridgehead atoms. The van der Waals surface area contributed by atoms with E-state index in [1.165, 1.54) is 11.3 Å². The molecule has 0 spiro atoms. The fraction of sp³-hybridized carbons (Fsp3) is 0.250. The number of Topliss-reactive ketones (excluding diaryl/α,β-unsaturated/α-hetero) is 1. The van der Waals surface area contributed by atoms with Gasteiger partial charge >= 0.3 is 5.97 Å². The molecule has 3 aromatic heterocycles. The Morgan fingerprint density at radius 3 is 2.50 bits per heavy atom. The molecule has 0 saturated heterocycles. The van der Waals surface area contributed by atoms with Crippen molar-refractivity contribution in [3.63, 3.8) is 0 Å². The molecule has 0 aliphatic carbocycles. The van der Waals surface area contributed by atoms with Crippen LogP contribution in [0.3, 0.4) is 0 Å². The minimum atomic E-state index is -0.460. The predicted molar refractivity (Wildman–Crippen MR) is 101 cm³/mol. The molecule has 0 atom stereocenters. The van der Waals surface area contributed by atoms with Gasteiger partial charge in [-0.05, 0) is 52.0 Å². The Hall–Kier alpha value is -2.73. The van der Waals surface area contributed by atoms with Crippen LogP contribution in [0.15, 0.2) is 36.5 Å². The van der Waals surface area contributed by atoms with E-state index in [4.69, 9.17) is 4.74 Å². The average molecular weight is 368 g/mol. The first-order valence-corrected chi connectivity index (χ1v) is 9.08. The number of carbonyl (C=O) groups excluding carboxylic acids is 2. The molecule has 3 heterocycles. The quantitative estimate of drug-likeness (QED) is 0.500. The highest BCUT2D eigenvalue weighted by Crippen LogP contribution is 2.22. The predicted octanol–water partition coefficient (Wildman–Crippen LogP) is 4.21. The second kappa shape index (κ2) is 7.25. The molecule has 26 heavy (non-hydrogen) atoms. The molecule has 6 heteroatoms. The summed E-state index contributed by atoms with van der Waals surface area (Å²) in [5.74, 6) is 0.0693. The summed E-state index contributed by atoms with van der Waals surface area (Å²) in [4.78, 5) is 31.1. The number of ether oxygens (including phenoxy) is 1. The number of carbonyl (C=O) groups is 2. The number of rotatable bonds is 5. The maximum absolute atomic E-state index is 12.6. The van der Waals surface area contributed by atoms with Crippen molar-refractivity contribution in [2.45, 2.75) is 27.7 Å². The molecule has 0 unspecified atom stereocenters. The normalized spacial score (nSPS) is 10.8. The van der Waals surface area contributed by atoms with Gasteiger partial charge in [-0.1, -0.05) is 6.07 Å². The van der Waals surface area contributed by atoms with E-state index in [1.807, 2.05) is 50.5 Å². The SMILES string of the molecule is Cc1cc(C(=O)OCC(=O)c2cc(C)n(-c3ccccn3)c2C)c(C)s1. The molecular formula is C20H20N2O3S. The monoisotopic (exact) mass is 368 g/mol. The number of hydrogen-bond donors (Lipinski definition) is 0. The minimum absolute atomic E-state index is 0.224. The first-order valence-electron chi connectivity index (χ1n) is 8.26. The van der Waals surface area contributed by atoms with Gasteiger partial charge in [-0.25, -0.2) is 9.78 Å². The van der Waals surface area contributed by atoms with E-state index in [0.29, 0.717) is 11.1 Å². The lowest BCUT2D eigenvalue weighted by molar-refractivity contribution is 0.0474. The number of aryl methyl sites for hydroxylation is 3. The number of nitrogens with zero attached hydrogens (tertiary/aromatic N) is 2. The maximum Gasteiger partial charge on any atom is 0.339 e. The Morgan fingerprint density at radius 2 is 1.88 bits per heavy atom. The summed E-state index contributed by atoms with van der Waals surface area (Å²) in [5, 5.41) is 0. The van der Waals surface area contributed by atoms with Gasteiger partial charge in [-0.15, -0.1) is 11.3 Å². The summed E-state index contributed by atoms with van der Waals surface area (Å²) in [7, 11) is 0. The van der Waals surface area contributed by atoms with Crippen molar-refractivity contribution in [3.05, 3.63) is 68.8 Å². The molecular weight excluding hydrogens is 348 g/mol. The van der Waals surface area contributed by atoms with Gasteiger partial charge in [0.2, 0.25) is 5.78 Å². The second-order valence-electron chi connectivity index (χ2n) is 6.13. The van der Waals surface area contributed by atoms with Crippen LogP contribution >= 0.6 is 11.3 Å². The van der Waals surface area contributed by atoms with Crippen LogP contribution in [0, 0.1) is 27.7 Å². The van der Waals surface area contributed by atoms with Crippen LogP contribution in [0.2, 0.25) is 0 Å². The lowest BCUT2D eigenvalue weighted by atomic mass is 10.1. The lowest BCUT2D eigenvalue weighted by Gasteiger charge is -2.08. The number of esters is 1. The first-order chi connectivity index (χ1) is 12.4. The van der Waals surface area contributed by atoms with Crippen molar-refractivity contribution in [2.24, 2.45) is 0 Å². The molecule has 0 aromatic carbocycles. The summed E-state index contributed by atoms with van der Waals surface area (Å²) in [6.07, 6.45) is 1.71. The van der Waals surface area contributed by atoms with Crippen LogP contribution in [0.1, 0.15) is 41.9 Å². The molecule has 134 valence electrons. The average Bonchev–Trinajstić information content (AvgIpc) is 3.11. The zero-order valence-corrected chi connectivity index (χ0v) is 16.0. The van der Waals surface area contributed by atoms with Crippen LogP contribution in [-0.2, 0) is 4.74 Å².